The zero-order valence-corrected chi connectivity index (χ0v) is 13.3. The number of carbonyl (C=O) groups is 1. The Kier molecular flexibility index (Phi) is 4.33. The highest BCUT2D eigenvalue weighted by molar-refractivity contribution is 6.04. The van der Waals surface area contributed by atoms with Gasteiger partial charge in [-0.2, -0.15) is 0 Å². The first-order chi connectivity index (χ1) is 11.1. The monoisotopic (exact) mass is 309 g/mol. The Morgan fingerprint density at radius 2 is 1.87 bits per heavy atom. The number of ketones is 1. The fraction of sp³-hybridized carbons (Fsp3) is 0.211. The minimum Gasteiger partial charge on any atom is -0.454 e. The molecule has 0 amide bonds. The highest BCUT2D eigenvalue weighted by Crippen LogP contribution is 2.32. The lowest BCUT2D eigenvalue weighted by Gasteiger charge is -2.07. The lowest BCUT2D eigenvalue weighted by atomic mass is 10.1. The maximum absolute atomic E-state index is 12.2. The van der Waals surface area contributed by atoms with Gasteiger partial charge in [-0.05, 0) is 31.5 Å². The Bertz CT molecular complexity index is 748. The molecule has 1 heterocycles. The summed E-state index contributed by atoms with van der Waals surface area (Å²) in [7, 11) is 0. The van der Waals surface area contributed by atoms with E-state index in [0.29, 0.717) is 12.1 Å². The summed E-state index contributed by atoms with van der Waals surface area (Å²) in [5, 5.41) is 3.25. The summed E-state index contributed by atoms with van der Waals surface area (Å²) in [6, 6.07) is 13.4. The third-order valence-electron chi connectivity index (χ3n) is 3.69. The first kappa shape index (κ1) is 15.2. The van der Waals surface area contributed by atoms with Crippen molar-refractivity contribution in [3.8, 4) is 11.5 Å². The number of hydrogen-bond donors (Lipinski definition) is 1. The van der Waals surface area contributed by atoms with Crippen LogP contribution in [0.2, 0.25) is 0 Å². The highest BCUT2D eigenvalue weighted by Gasteiger charge is 2.12. The van der Waals surface area contributed by atoms with E-state index in [-0.39, 0.29) is 12.6 Å². The summed E-state index contributed by atoms with van der Waals surface area (Å²) in [4.78, 5) is 12.2. The molecule has 0 saturated heterocycles. The van der Waals surface area contributed by atoms with E-state index in [0.717, 1.165) is 28.3 Å². The molecule has 1 aliphatic heterocycles. The summed E-state index contributed by atoms with van der Waals surface area (Å²) < 4.78 is 10.6. The number of aryl methyl sites for hydroxylation is 1. The van der Waals surface area contributed by atoms with Gasteiger partial charge >= 0.3 is 0 Å². The maximum atomic E-state index is 12.2. The molecule has 3 rings (SSSR count). The van der Waals surface area contributed by atoms with Crippen molar-refractivity contribution in [1.29, 1.82) is 0 Å². The normalized spacial score (nSPS) is 13.0. The number of benzene rings is 2. The Labute approximate surface area is 135 Å². The van der Waals surface area contributed by atoms with Crippen LogP contribution in [0.25, 0.3) is 0 Å². The van der Waals surface area contributed by atoms with Gasteiger partial charge in [0.05, 0.1) is 0 Å². The van der Waals surface area contributed by atoms with E-state index in [2.05, 4.69) is 5.32 Å². The van der Waals surface area contributed by atoms with Gasteiger partial charge in [-0.1, -0.05) is 35.9 Å². The molecule has 4 heteroatoms. The minimum absolute atomic E-state index is 0.000636. The molecule has 23 heavy (non-hydrogen) atoms. The van der Waals surface area contributed by atoms with Crippen LogP contribution in [-0.2, 0) is 6.54 Å². The third kappa shape index (κ3) is 3.72. The maximum Gasteiger partial charge on any atom is 0.231 e. The molecule has 0 atom stereocenters. The number of rotatable bonds is 5. The smallest absolute Gasteiger partial charge is 0.231 e. The molecular weight excluding hydrogens is 290 g/mol. The number of nitrogens with one attached hydrogen (secondary N) is 1. The molecular formula is C19H19NO3. The van der Waals surface area contributed by atoms with Crippen LogP contribution in [-0.4, -0.2) is 12.6 Å². The zero-order valence-electron chi connectivity index (χ0n) is 13.3. The number of ether oxygens (including phenoxy) is 2. The quantitative estimate of drug-likeness (QED) is 0.677. The number of carbonyl (C=O) groups excluding carboxylic acids is 1. The minimum atomic E-state index is 0.000636. The van der Waals surface area contributed by atoms with Gasteiger partial charge in [-0.3, -0.25) is 4.79 Å². The van der Waals surface area contributed by atoms with Crippen molar-refractivity contribution < 1.29 is 14.3 Å². The van der Waals surface area contributed by atoms with Crippen LogP contribution in [0.15, 0.2) is 54.2 Å². The van der Waals surface area contributed by atoms with Gasteiger partial charge in [0.2, 0.25) is 6.79 Å². The molecule has 0 aliphatic carbocycles. The van der Waals surface area contributed by atoms with Crippen LogP contribution >= 0.6 is 0 Å². The summed E-state index contributed by atoms with van der Waals surface area (Å²) in [6.45, 7) is 4.79. The zero-order chi connectivity index (χ0) is 16.2. The summed E-state index contributed by atoms with van der Waals surface area (Å²) in [5.74, 6) is 1.54. The molecule has 1 N–H and O–H groups in total. The number of fused-ring (bicyclic) bond motifs is 1. The lowest BCUT2D eigenvalue weighted by molar-refractivity contribution is 0.104. The van der Waals surface area contributed by atoms with Crippen molar-refractivity contribution in [3.05, 3.63) is 70.9 Å². The van der Waals surface area contributed by atoms with Crippen LogP contribution in [0.4, 0.5) is 0 Å². The van der Waals surface area contributed by atoms with E-state index in [9.17, 15) is 4.79 Å². The van der Waals surface area contributed by atoms with E-state index in [1.165, 1.54) is 0 Å². The van der Waals surface area contributed by atoms with Gasteiger partial charge in [0.1, 0.15) is 0 Å². The van der Waals surface area contributed by atoms with Crippen molar-refractivity contribution in [3.63, 3.8) is 0 Å². The predicted molar refractivity (Wildman–Crippen MR) is 88.7 cm³/mol. The molecule has 0 spiro atoms. The third-order valence-corrected chi connectivity index (χ3v) is 3.69. The van der Waals surface area contributed by atoms with Crippen LogP contribution in [0, 0.1) is 6.92 Å². The molecule has 118 valence electrons. The van der Waals surface area contributed by atoms with Gasteiger partial charge in [0, 0.05) is 23.9 Å². The Hall–Kier alpha value is -2.75. The molecule has 2 aromatic rings. The van der Waals surface area contributed by atoms with Gasteiger partial charge in [-0.25, -0.2) is 0 Å². The van der Waals surface area contributed by atoms with E-state index in [1.807, 2.05) is 56.3 Å². The van der Waals surface area contributed by atoms with Gasteiger partial charge in [0.25, 0.3) is 0 Å². The first-order valence-corrected chi connectivity index (χ1v) is 7.53. The molecule has 2 aromatic carbocycles. The molecule has 0 radical (unpaired) electrons. The standard InChI is InChI=1S/C19H19NO3/c1-13-3-6-16(7-4-13)17(21)9-14(2)20-11-15-5-8-18-19(10-15)23-12-22-18/h3-10,20H,11-12H2,1-2H3. The van der Waals surface area contributed by atoms with Gasteiger partial charge in [-0.15, -0.1) is 0 Å². The summed E-state index contributed by atoms with van der Waals surface area (Å²) >= 11 is 0. The Morgan fingerprint density at radius 3 is 2.65 bits per heavy atom. The van der Waals surface area contributed by atoms with Gasteiger partial charge < -0.3 is 14.8 Å². The summed E-state index contributed by atoms with van der Waals surface area (Å²) in [6.07, 6.45) is 1.62. The van der Waals surface area contributed by atoms with Crippen molar-refractivity contribution >= 4 is 5.78 Å². The number of allylic oxidation sites excluding steroid dienone is 2. The van der Waals surface area contributed by atoms with Crippen LogP contribution < -0.4 is 14.8 Å². The average Bonchev–Trinajstić information content (AvgIpc) is 3.01. The molecule has 0 saturated carbocycles. The lowest BCUT2D eigenvalue weighted by Crippen LogP contribution is -2.12. The molecule has 0 unspecified atom stereocenters. The van der Waals surface area contributed by atoms with Gasteiger partial charge in [0.15, 0.2) is 17.3 Å². The fourth-order valence-corrected chi connectivity index (χ4v) is 2.34. The molecule has 4 nitrogen and oxygen atoms in total. The van der Waals surface area contributed by atoms with Crippen LogP contribution in [0.5, 0.6) is 11.5 Å². The van der Waals surface area contributed by atoms with Crippen LogP contribution in [0.3, 0.4) is 0 Å². The largest absolute Gasteiger partial charge is 0.454 e. The Morgan fingerprint density at radius 1 is 1.13 bits per heavy atom. The SMILES string of the molecule is CC(=CC(=O)c1ccc(C)cc1)NCc1ccc2c(c1)OCO2. The van der Waals surface area contributed by atoms with Crippen molar-refractivity contribution in [2.75, 3.05) is 6.79 Å². The molecule has 0 fully saturated rings. The number of hydrogen-bond acceptors (Lipinski definition) is 4. The van der Waals surface area contributed by atoms with E-state index < -0.39 is 0 Å². The highest BCUT2D eigenvalue weighted by atomic mass is 16.7. The fourth-order valence-electron chi connectivity index (χ4n) is 2.34. The molecule has 0 aromatic heterocycles. The second-order valence-electron chi connectivity index (χ2n) is 5.60. The molecule has 0 bridgehead atoms. The first-order valence-electron chi connectivity index (χ1n) is 7.53. The topological polar surface area (TPSA) is 47.6 Å². The van der Waals surface area contributed by atoms with Crippen molar-refractivity contribution in [2.45, 2.75) is 20.4 Å². The van der Waals surface area contributed by atoms with Crippen molar-refractivity contribution in [1.82, 2.24) is 5.32 Å². The van der Waals surface area contributed by atoms with Crippen molar-refractivity contribution in [2.24, 2.45) is 0 Å². The van der Waals surface area contributed by atoms with E-state index in [4.69, 9.17) is 9.47 Å². The van der Waals surface area contributed by atoms with E-state index in [1.54, 1.807) is 6.08 Å². The molecule has 1 aliphatic rings. The summed E-state index contributed by atoms with van der Waals surface area (Å²) in [5.41, 5.74) is 3.74. The van der Waals surface area contributed by atoms with E-state index >= 15 is 0 Å². The second-order valence-corrected chi connectivity index (χ2v) is 5.60. The predicted octanol–water partition coefficient (Wildman–Crippen LogP) is 3.60. The Balaban J connectivity index is 1.61. The van der Waals surface area contributed by atoms with Crippen LogP contribution in [0.1, 0.15) is 28.4 Å². The average molecular weight is 309 g/mol. The second kappa shape index (κ2) is 6.57.